The standard InChI is InChI=1S/C35H45N7O6/c1-24(2)20-27-35(47)41-28(21-25-10-4-3-5-11-25)33(45)38-15-9-19-48-30-13-7-6-12-26(30)32(44)40-29(22-31(43)39-27)34(46)37-14-8-17-42-18-16-36-23-42/h3-7,10-13,16,18,23-24,27-29H,8-9,14-15,17,19-22H2,1-2H3,(H,37,46)(H,38,45)(H,39,43)(H,40,44)(H,41,47)/t27-,28-,29-/m0/s1. The summed E-state index contributed by atoms with van der Waals surface area (Å²) in [6.07, 6.45) is 6.32. The van der Waals surface area contributed by atoms with Gasteiger partial charge in [0.1, 0.15) is 23.9 Å². The Balaban J connectivity index is 1.56. The monoisotopic (exact) mass is 659 g/mol. The number of hydrogen-bond donors (Lipinski definition) is 5. The minimum absolute atomic E-state index is 0.0195. The van der Waals surface area contributed by atoms with E-state index in [0.717, 1.165) is 5.56 Å². The largest absolute Gasteiger partial charge is 0.493 e. The number of carbonyl (C=O) groups is 5. The van der Waals surface area contributed by atoms with Crippen LogP contribution in [0.4, 0.5) is 0 Å². The van der Waals surface area contributed by atoms with E-state index in [2.05, 4.69) is 31.6 Å². The van der Waals surface area contributed by atoms with E-state index >= 15 is 0 Å². The number of para-hydroxylation sites is 1. The summed E-state index contributed by atoms with van der Waals surface area (Å²) < 4.78 is 7.77. The molecule has 5 N–H and O–H groups in total. The summed E-state index contributed by atoms with van der Waals surface area (Å²) in [7, 11) is 0. The van der Waals surface area contributed by atoms with Gasteiger partial charge < -0.3 is 35.9 Å². The molecule has 0 aliphatic carbocycles. The highest BCUT2D eigenvalue weighted by atomic mass is 16.5. The molecular formula is C35H45N7O6. The number of ether oxygens (including phenoxy) is 1. The smallest absolute Gasteiger partial charge is 0.255 e. The summed E-state index contributed by atoms with van der Waals surface area (Å²) >= 11 is 0. The Morgan fingerprint density at radius 2 is 1.75 bits per heavy atom. The van der Waals surface area contributed by atoms with Gasteiger partial charge in [-0.05, 0) is 42.9 Å². The third kappa shape index (κ3) is 11.2. The molecule has 0 radical (unpaired) electrons. The van der Waals surface area contributed by atoms with Crippen molar-refractivity contribution in [3.8, 4) is 5.75 Å². The molecule has 5 amide bonds. The molecule has 0 saturated carbocycles. The Labute approximate surface area is 280 Å². The molecular weight excluding hydrogens is 614 g/mol. The van der Waals surface area contributed by atoms with E-state index in [1.807, 2.05) is 54.9 Å². The van der Waals surface area contributed by atoms with Crippen LogP contribution in [0, 0.1) is 5.92 Å². The van der Waals surface area contributed by atoms with Gasteiger partial charge in [-0.1, -0.05) is 56.3 Å². The third-order valence-corrected chi connectivity index (χ3v) is 7.75. The first-order valence-corrected chi connectivity index (χ1v) is 16.4. The molecule has 1 aliphatic rings. The Hall–Kier alpha value is -5.20. The van der Waals surface area contributed by atoms with E-state index in [1.54, 1.807) is 36.8 Å². The second kappa shape index (κ2) is 18.2. The molecule has 2 heterocycles. The molecule has 1 aromatic heterocycles. The maximum atomic E-state index is 13.6. The highest BCUT2D eigenvalue weighted by Gasteiger charge is 2.30. The Bertz CT molecular complexity index is 1510. The van der Waals surface area contributed by atoms with Crippen LogP contribution in [0.25, 0.3) is 0 Å². The van der Waals surface area contributed by atoms with E-state index in [1.165, 1.54) is 0 Å². The van der Waals surface area contributed by atoms with E-state index in [9.17, 15) is 24.0 Å². The van der Waals surface area contributed by atoms with Crippen LogP contribution in [0.15, 0.2) is 73.3 Å². The summed E-state index contributed by atoms with van der Waals surface area (Å²) in [6.45, 7) is 5.22. The Morgan fingerprint density at radius 1 is 0.979 bits per heavy atom. The molecule has 0 fully saturated rings. The fourth-order valence-corrected chi connectivity index (χ4v) is 5.30. The fourth-order valence-electron chi connectivity index (χ4n) is 5.30. The number of carbonyl (C=O) groups excluding carboxylic acids is 5. The van der Waals surface area contributed by atoms with Gasteiger partial charge in [-0.15, -0.1) is 0 Å². The lowest BCUT2D eigenvalue weighted by Gasteiger charge is -2.25. The number of benzene rings is 2. The van der Waals surface area contributed by atoms with Crippen LogP contribution in [0.1, 0.15) is 55.5 Å². The molecule has 3 aromatic rings. The van der Waals surface area contributed by atoms with E-state index in [-0.39, 0.29) is 37.0 Å². The van der Waals surface area contributed by atoms with E-state index in [0.29, 0.717) is 38.1 Å². The topological polar surface area (TPSA) is 173 Å². The molecule has 256 valence electrons. The second-order valence-corrected chi connectivity index (χ2v) is 12.2. The first kappa shape index (κ1) is 35.7. The number of nitrogens with zero attached hydrogens (tertiary/aromatic N) is 2. The third-order valence-electron chi connectivity index (χ3n) is 7.75. The molecule has 13 nitrogen and oxygen atoms in total. The van der Waals surface area contributed by atoms with Gasteiger partial charge in [0.05, 0.1) is 24.9 Å². The molecule has 0 unspecified atom stereocenters. The van der Waals surface area contributed by atoms with Crippen LogP contribution < -0.4 is 31.3 Å². The van der Waals surface area contributed by atoms with Crippen molar-refractivity contribution in [1.29, 1.82) is 0 Å². The van der Waals surface area contributed by atoms with Gasteiger partial charge in [0.2, 0.25) is 23.6 Å². The van der Waals surface area contributed by atoms with Gasteiger partial charge in [-0.3, -0.25) is 24.0 Å². The SMILES string of the molecule is CC(C)C[C@@H]1NC(=O)C[C@@H](C(=O)NCCCn2ccnc2)NC(=O)c2ccccc2OCCCNC(=O)[C@H](Cc2ccccc2)NC1=O. The lowest BCUT2D eigenvalue weighted by Crippen LogP contribution is -2.56. The predicted octanol–water partition coefficient (Wildman–Crippen LogP) is 1.74. The fraction of sp³-hybridized carbons (Fsp3) is 0.429. The number of nitrogens with one attached hydrogen (secondary N) is 5. The summed E-state index contributed by atoms with van der Waals surface area (Å²) in [4.78, 5) is 71.3. The number of rotatable bonds is 9. The lowest BCUT2D eigenvalue weighted by atomic mass is 10.0. The van der Waals surface area contributed by atoms with E-state index in [4.69, 9.17) is 4.74 Å². The van der Waals surface area contributed by atoms with E-state index < -0.39 is 48.2 Å². The predicted molar refractivity (Wildman–Crippen MR) is 179 cm³/mol. The average Bonchev–Trinajstić information content (AvgIpc) is 3.59. The summed E-state index contributed by atoms with van der Waals surface area (Å²) in [5, 5.41) is 14.0. The summed E-state index contributed by atoms with van der Waals surface area (Å²) in [6, 6.07) is 12.8. The van der Waals surface area contributed by atoms with Crippen LogP contribution in [0.5, 0.6) is 5.75 Å². The Kier molecular flexibility index (Phi) is 13.5. The van der Waals surface area contributed by atoms with Crippen molar-refractivity contribution in [2.45, 2.75) is 70.6 Å². The second-order valence-electron chi connectivity index (χ2n) is 12.2. The average molecular weight is 660 g/mol. The minimum Gasteiger partial charge on any atom is -0.493 e. The lowest BCUT2D eigenvalue weighted by molar-refractivity contribution is -0.133. The van der Waals surface area contributed by atoms with Gasteiger partial charge in [0, 0.05) is 38.4 Å². The molecule has 1 aliphatic heterocycles. The van der Waals surface area contributed by atoms with Gasteiger partial charge in [-0.25, -0.2) is 4.98 Å². The number of imidazole rings is 1. The van der Waals surface area contributed by atoms with Gasteiger partial charge in [-0.2, -0.15) is 0 Å². The van der Waals surface area contributed by atoms with Gasteiger partial charge in [0.15, 0.2) is 0 Å². The minimum atomic E-state index is -1.24. The van der Waals surface area contributed by atoms with Crippen molar-refractivity contribution in [3.05, 3.63) is 84.4 Å². The summed E-state index contributed by atoms with van der Waals surface area (Å²) in [5.74, 6) is -2.30. The quantitative estimate of drug-likeness (QED) is 0.218. The molecule has 3 atom stereocenters. The molecule has 2 aromatic carbocycles. The van der Waals surface area contributed by atoms with Crippen LogP contribution in [0.2, 0.25) is 0 Å². The number of hydrogen-bond acceptors (Lipinski definition) is 7. The number of aromatic nitrogens is 2. The molecule has 0 bridgehead atoms. The van der Waals surface area contributed by atoms with Crippen molar-refractivity contribution in [2.24, 2.45) is 5.92 Å². The number of aryl methyl sites for hydroxylation is 1. The molecule has 13 heteroatoms. The normalized spacial score (nSPS) is 19.8. The molecule has 0 saturated heterocycles. The first-order valence-electron chi connectivity index (χ1n) is 16.4. The maximum Gasteiger partial charge on any atom is 0.255 e. The Morgan fingerprint density at radius 3 is 2.50 bits per heavy atom. The molecule has 48 heavy (non-hydrogen) atoms. The van der Waals surface area contributed by atoms with Gasteiger partial charge in [0.25, 0.3) is 5.91 Å². The maximum absolute atomic E-state index is 13.6. The van der Waals surface area contributed by atoms with Crippen molar-refractivity contribution < 1.29 is 28.7 Å². The molecule has 4 rings (SSSR count). The van der Waals surface area contributed by atoms with Gasteiger partial charge >= 0.3 is 0 Å². The van der Waals surface area contributed by atoms with Crippen molar-refractivity contribution in [3.63, 3.8) is 0 Å². The van der Waals surface area contributed by atoms with Crippen molar-refractivity contribution >= 4 is 29.5 Å². The zero-order chi connectivity index (χ0) is 34.3. The number of fused-ring (bicyclic) bond motifs is 1. The highest BCUT2D eigenvalue weighted by molar-refractivity contribution is 6.01. The van der Waals surface area contributed by atoms with Crippen LogP contribution in [-0.4, -0.2) is 76.9 Å². The highest BCUT2D eigenvalue weighted by Crippen LogP contribution is 2.19. The zero-order valence-electron chi connectivity index (χ0n) is 27.4. The summed E-state index contributed by atoms with van der Waals surface area (Å²) in [5.41, 5.74) is 1.06. The van der Waals surface area contributed by atoms with Crippen LogP contribution in [0.3, 0.4) is 0 Å². The van der Waals surface area contributed by atoms with Crippen molar-refractivity contribution in [1.82, 2.24) is 36.1 Å². The number of amides is 5. The molecule has 0 spiro atoms. The first-order chi connectivity index (χ1) is 23.2. The van der Waals surface area contributed by atoms with Crippen molar-refractivity contribution in [2.75, 3.05) is 19.7 Å². The zero-order valence-corrected chi connectivity index (χ0v) is 27.4. The van der Waals surface area contributed by atoms with Crippen LogP contribution >= 0.6 is 0 Å². The van der Waals surface area contributed by atoms with Crippen LogP contribution in [-0.2, 0) is 32.1 Å².